The van der Waals surface area contributed by atoms with E-state index in [1.54, 1.807) is 36.4 Å². The molecular weight excluding hydrogens is 361 g/mol. The molecule has 8 heteroatoms. The van der Waals surface area contributed by atoms with E-state index in [9.17, 15) is 22.4 Å². The lowest BCUT2D eigenvalue weighted by Crippen LogP contribution is -2.33. The topological polar surface area (TPSA) is 89.5 Å². The molecule has 0 aliphatic carbocycles. The molecule has 134 valence electrons. The van der Waals surface area contributed by atoms with E-state index in [2.05, 4.69) is 5.32 Å². The number of alkyl carbamates (subject to hydrolysis) is 1. The molecule has 0 aromatic heterocycles. The summed E-state index contributed by atoms with van der Waals surface area (Å²) in [4.78, 5) is 23.1. The molecule has 0 saturated carbocycles. The normalized spacial score (nSPS) is 15.5. The van der Waals surface area contributed by atoms with Gasteiger partial charge in [-0.15, -0.1) is 0 Å². The number of sulfone groups is 1. The molecular formula is C18H14FNO5S. The minimum absolute atomic E-state index is 0.0864. The second-order valence-corrected chi connectivity index (χ2v) is 7.49. The number of ether oxygens (including phenoxy) is 1. The Morgan fingerprint density at radius 2 is 1.69 bits per heavy atom. The molecule has 0 saturated heterocycles. The zero-order chi connectivity index (χ0) is 18.7. The fourth-order valence-corrected chi connectivity index (χ4v) is 4.04. The highest BCUT2D eigenvalue weighted by atomic mass is 32.2. The third-order valence-electron chi connectivity index (χ3n) is 3.84. The number of hydrogen-bond donors (Lipinski definition) is 1. The monoisotopic (exact) mass is 375 g/mol. The molecule has 1 atom stereocenters. The molecule has 1 amide bonds. The van der Waals surface area contributed by atoms with Crippen LogP contribution >= 0.6 is 0 Å². The van der Waals surface area contributed by atoms with Crippen molar-refractivity contribution in [2.45, 2.75) is 10.9 Å². The number of rotatable bonds is 5. The van der Waals surface area contributed by atoms with Gasteiger partial charge >= 0.3 is 12.1 Å². The Bertz CT molecular complexity index is 986. The van der Waals surface area contributed by atoms with Crippen LogP contribution in [0.15, 0.2) is 64.4 Å². The Balaban J connectivity index is 1.67. The predicted octanol–water partition coefficient (Wildman–Crippen LogP) is 2.78. The van der Waals surface area contributed by atoms with E-state index < -0.39 is 34.6 Å². The van der Waals surface area contributed by atoms with Gasteiger partial charge in [-0.25, -0.2) is 13.2 Å². The fourth-order valence-electron chi connectivity index (χ4n) is 2.57. The number of carbonyl (C=O) groups excluding carboxylic acids is 2. The Labute approximate surface area is 149 Å². The highest BCUT2D eigenvalue weighted by molar-refractivity contribution is 7.95. The van der Waals surface area contributed by atoms with Gasteiger partial charge in [0, 0.05) is 0 Å². The van der Waals surface area contributed by atoms with Crippen LogP contribution in [0, 0.1) is 0 Å². The van der Waals surface area contributed by atoms with Gasteiger partial charge in [-0.2, -0.15) is 4.39 Å². The maximum atomic E-state index is 13.2. The van der Waals surface area contributed by atoms with Crippen LogP contribution in [0.2, 0.25) is 0 Å². The van der Waals surface area contributed by atoms with Crippen molar-refractivity contribution in [3.63, 3.8) is 0 Å². The Morgan fingerprint density at radius 1 is 1.04 bits per heavy atom. The first-order valence-corrected chi connectivity index (χ1v) is 9.10. The summed E-state index contributed by atoms with van der Waals surface area (Å²) in [5, 5.41) is 2.10. The van der Waals surface area contributed by atoms with Crippen molar-refractivity contribution in [1.29, 1.82) is 0 Å². The van der Waals surface area contributed by atoms with Crippen LogP contribution in [-0.4, -0.2) is 27.2 Å². The molecule has 26 heavy (non-hydrogen) atoms. The van der Waals surface area contributed by atoms with Crippen LogP contribution in [0.3, 0.4) is 0 Å². The van der Waals surface area contributed by atoms with Crippen molar-refractivity contribution in [3.8, 4) is 0 Å². The van der Waals surface area contributed by atoms with E-state index in [4.69, 9.17) is 4.74 Å². The number of hydrogen-bond acceptors (Lipinski definition) is 5. The lowest BCUT2D eigenvalue weighted by molar-refractivity contribution is -0.131. The van der Waals surface area contributed by atoms with Gasteiger partial charge in [-0.3, -0.25) is 4.79 Å². The van der Waals surface area contributed by atoms with Crippen LogP contribution in [0.4, 0.5) is 9.18 Å². The summed E-state index contributed by atoms with van der Waals surface area (Å²) in [5.74, 6) is 0. The maximum Gasteiger partial charge on any atom is 0.408 e. The molecule has 0 radical (unpaired) electrons. The van der Waals surface area contributed by atoms with E-state index in [-0.39, 0.29) is 15.4 Å². The van der Waals surface area contributed by atoms with Gasteiger partial charge in [0.15, 0.2) is 0 Å². The minimum atomic E-state index is -3.72. The average Bonchev–Trinajstić information content (AvgIpc) is 2.89. The summed E-state index contributed by atoms with van der Waals surface area (Å²) >= 11 is 0. The van der Waals surface area contributed by atoms with Gasteiger partial charge in [-0.05, 0) is 23.3 Å². The maximum absolute atomic E-state index is 13.2. The van der Waals surface area contributed by atoms with Crippen LogP contribution in [-0.2, 0) is 19.4 Å². The number of fused-ring (bicyclic) bond motifs is 1. The second-order valence-electron chi connectivity index (χ2n) is 5.52. The van der Waals surface area contributed by atoms with Crippen LogP contribution in [0.25, 0.3) is 6.08 Å². The molecule has 1 N–H and O–H groups in total. The quantitative estimate of drug-likeness (QED) is 0.812. The molecule has 6 nitrogen and oxygen atoms in total. The van der Waals surface area contributed by atoms with E-state index in [1.165, 1.54) is 24.3 Å². The lowest BCUT2D eigenvalue weighted by atomic mass is 10.1. The van der Waals surface area contributed by atoms with Gasteiger partial charge in [0.2, 0.25) is 9.84 Å². The molecule has 0 spiro atoms. The van der Waals surface area contributed by atoms with Crippen LogP contribution in [0.5, 0.6) is 0 Å². The number of benzene rings is 2. The third-order valence-corrected chi connectivity index (χ3v) is 5.71. The highest BCUT2D eigenvalue weighted by Gasteiger charge is 2.30. The standard InChI is InChI=1S/C18H14FNO5S/c19-17(21)16(12-6-2-1-3-7-12)20-18(22)25-11-14-10-13-8-4-5-9-15(13)26(14,23)24/h1-10,16H,11H2,(H,20,22)/t16-/m0/s1. The molecule has 0 bridgehead atoms. The fraction of sp³-hybridized carbons (Fsp3) is 0.111. The van der Waals surface area contributed by atoms with Gasteiger partial charge in [-0.1, -0.05) is 48.5 Å². The average molecular weight is 375 g/mol. The van der Waals surface area contributed by atoms with Crippen molar-refractivity contribution in [1.82, 2.24) is 5.32 Å². The zero-order valence-electron chi connectivity index (χ0n) is 13.4. The first-order valence-electron chi connectivity index (χ1n) is 7.62. The number of halogens is 1. The zero-order valence-corrected chi connectivity index (χ0v) is 14.2. The van der Waals surface area contributed by atoms with Crippen LogP contribution < -0.4 is 5.32 Å². The highest BCUT2D eigenvalue weighted by Crippen LogP contribution is 2.32. The molecule has 3 rings (SSSR count). The summed E-state index contributed by atoms with van der Waals surface area (Å²) in [5.41, 5.74) is 0.754. The van der Waals surface area contributed by atoms with Gasteiger partial charge in [0.05, 0.1) is 9.80 Å². The molecule has 0 unspecified atom stereocenters. The minimum Gasteiger partial charge on any atom is -0.444 e. The summed E-state index contributed by atoms with van der Waals surface area (Å²) < 4.78 is 42.8. The van der Waals surface area contributed by atoms with Crippen molar-refractivity contribution in [3.05, 3.63) is 70.6 Å². The lowest BCUT2D eigenvalue weighted by Gasteiger charge is -2.14. The second kappa shape index (κ2) is 7.09. The van der Waals surface area contributed by atoms with Gasteiger partial charge in [0.1, 0.15) is 12.6 Å². The largest absolute Gasteiger partial charge is 0.444 e. The summed E-state index contributed by atoms with van der Waals surface area (Å²) in [6, 6.07) is 10.9. The predicted molar refractivity (Wildman–Crippen MR) is 91.4 cm³/mol. The van der Waals surface area contributed by atoms with E-state index in [1.807, 2.05) is 0 Å². The van der Waals surface area contributed by atoms with Gasteiger partial charge in [0.25, 0.3) is 0 Å². The van der Waals surface area contributed by atoms with Crippen molar-refractivity contribution < 1.29 is 27.1 Å². The summed E-state index contributed by atoms with van der Waals surface area (Å²) in [6.07, 6.45) is 0.310. The van der Waals surface area contributed by atoms with E-state index in [0.29, 0.717) is 5.56 Å². The van der Waals surface area contributed by atoms with E-state index >= 15 is 0 Å². The first kappa shape index (κ1) is 17.8. The summed E-state index contributed by atoms with van der Waals surface area (Å²) in [7, 11) is -3.72. The van der Waals surface area contributed by atoms with E-state index in [0.717, 1.165) is 0 Å². The molecule has 1 aliphatic rings. The molecule has 1 aliphatic heterocycles. The number of carbonyl (C=O) groups is 2. The molecule has 0 fully saturated rings. The molecule has 1 heterocycles. The van der Waals surface area contributed by atoms with Crippen LogP contribution in [0.1, 0.15) is 17.2 Å². The Morgan fingerprint density at radius 3 is 2.35 bits per heavy atom. The smallest absolute Gasteiger partial charge is 0.408 e. The number of amides is 1. The van der Waals surface area contributed by atoms with Crippen molar-refractivity contribution in [2.24, 2.45) is 0 Å². The van der Waals surface area contributed by atoms with Crippen molar-refractivity contribution >= 4 is 28.0 Å². The Kier molecular flexibility index (Phi) is 4.85. The van der Waals surface area contributed by atoms with Crippen molar-refractivity contribution in [2.75, 3.05) is 6.61 Å². The summed E-state index contributed by atoms with van der Waals surface area (Å²) in [6.45, 7) is -0.523. The first-order chi connectivity index (χ1) is 12.4. The molecule has 2 aromatic carbocycles. The number of nitrogens with one attached hydrogen (secondary N) is 1. The third kappa shape index (κ3) is 3.50. The molecule has 2 aromatic rings. The SMILES string of the molecule is O=C(N[C@H](C(=O)F)c1ccccc1)OCC1=Cc2ccccc2S1(=O)=O. The van der Waals surface area contributed by atoms with Gasteiger partial charge < -0.3 is 10.1 Å². The Hall–Kier alpha value is -3.00.